The third-order valence-corrected chi connectivity index (χ3v) is 2.63. The number of alkyl halides is 3. The summed E-state index contributed by atoms with van der Waals surface area (Å²) in [6.07, 6.45) is 6.74. The lowest BCUT2D eigenvalue weighted by molar-refractivity contribution is -0.172. The molecule has 0 amide bonds. The minimum atomic E-state index is -3.48. The lowest BCUT2D eigenvalue weighted by atomic mass is 9.87. The lowest BCUT2D eigenvalue weighted by Crippen LogP contribution is -2.16. The molecule has 78 valence electrons. The molecule has 4 heteroatoms. The second-order valence-electron chi connectivity index (χ2n) is 3.59. The molecule has 1 aliphatic rings. The number of hydrogen-bond donors (Lipinski definition) is 0. The van der Waals surface area contributed by atoms with Crippen molar-refractivity contribution < 1.29 is 13.5 Å². The molecule has 0 aromatic heterocycles. The van der Waals surface area contributed by atoms with Gasteiger partial charge >= 0.3 is 5.57 Å². The Bertz CT molecular complexity index is 141. The fraction of sp³-hybridized carbons (Fsp3) is 1.00. The van der Waals surface area contributed by atoms with E-state index in [-0.39, 0.29) is 6.61 Å². The molecule has 0 atom stereocenters. The van der Waals surface area contributed by atoms with Crippen molar-refractivity contribution in [2.45, 2.75) is 44.1 Å². The molecule has 0 aromatic carbocycles. The molecule has 0 spiro atoms. The van der Waals surface area contributed by atoms with Crippen LogP contribution in [-0.2, 0) is 4.74 Å². The lowest BCUT2D eigenvalue weighted by Gasteiger charge is -2.21. The summed E-state index contributed by atoms with van der Waals surface area (Å²) in [5, 5.41) is 0. The molecule has 13 heavy (non-hydrogen) atoms. The van der Waals surface area contributed by atoms with E-state index in [2.05, 4.69) is 16.3 Å². The van der Waals surface area contributed by atoms with Crippen LogP contribution in [0.4, 0.5) is 8.78 Å². The normalized spacial score (nSPS) is 20.5. The first-order valence-corrected chi connectivity index (χ1v) is 5.16. The van der Waals surface area contributed by atoms with Crippen molar-refractivity contribution in [2.24, 2.45) is 5.92 Å². The Kier molecular flexibility index (Phi) is 4.39. The highest BCUT2D eigenvalue weighted by Gasteiger charge is 2.26. The van der Waals surface area contributed by atoms with E-state index in [1.54, 1.807) is 0 Å². The Morgan fingerprint density at radius 3 is 2.38 bits per heavy atom. The summed E-state index contributed by atoms with van der Waals surface area (Å²) < 4.78 is 28.2. The van der Waals surface area contributed by atoms with Crippen molar-refractivity contribution in [2.75, 3.05) is 6.61 Å². The monoisotopic (exact) mass is 212 g/mol. The van der Waals surface area contributed by atoms with E-state index in [0.717, 1.165) is 12.8 Å². The Morgan fingerprint density at radius 1 is 1.23 bits per heavy atom. The standard InChI is InChI=1S/C9H15ClF2O/c10-9(11,12)13-7-6-8-4-2-1-3-5-8/h8H,1-7H2. The summed E-state index contributed by atoms with van der Waals surface area (Å²) in [5.74, 6) is 0.563. The summed E-state index contributed by atoms with van der Waals surface area (Å²) in [6.45, 7) is 0.0706. The quantitative estimate of drug-likeness (QED) is 0.645. The van der Waals surface area contributed by atoms with Crippen molar-refractivity contribution >= 4 is 11.6 Å². The average Bonchev–Trinajstić information content (AvgIpc) is 2.04. The van der Waals surface area contributed by atoms with Gasteiger partial charge in [0.15, 0.2) is 0 Å². The number of ether oxygens (including phenoxy) is 1. The van der Waals surface area contributed by atoms with Crippen molar-refractivity contribution in [3.05, 3.63) is 0 Å². The van der Waals surface area contributed by atoms with Crippen LogP contribution in [0.2, 0.25) is 0 Å². The molecule has 0 heterocycles. The van der Waals surface area contributed by atoms with Crippen LogP contribution in [0.3, 0.4) is 0 Å². The Hall–Kier alpha value is 0.110. The van der Waals surface area contributed by atoms with Gasteiger partial charge in [-0.05, 0) is 23.9 Å². The molecule has 0 N–H and O–H groups in total. The third kappa shape index (κ3) is 5.42. The average molecular weight is 213 g/mol. The molecule has 0 bridgehead atoms. The van der Waals surface area contributed by atoms with Gasteiger partial charge in [-0.2, -0.15) is 8.78 Å². The van der Waals surface area contributed by atoms with Gasteiger partial charge in [-0.1, -0.05) is 32.1 Å². The van der Waals surface area contributed by atoms with E-state index in [1.165, 1.54) is 19.3 Å². The highest BCUT2D eigenvalue weighted by molar-refractivity contribution is 6.20. The largest absolute Gasteiger partial charge is 0.440 e. The molecule has 0 radical (unpaired) electrons. The van der Waals surface area contributed by atoms with Gasteiger partial charge in [0.25, 0.3) is 0 Å². The van der Waals surface area contributed by atoms with Gasteiger partial charge in [0.05, 0.1) is 6.61 Å². The first-order chi connectivity index (χ1) is 6.08. The molecular weight excluding hydrogens is 198 g/mol. The van der Waals surface area contributed by atoms with Gasteiger partial charge in [0, 0.05) is 0 Å². The molecule has 0 unspecified atom stereocenters. The molecular formula is C9H15ClF2O. The predicted molar refractivity (Wildman–Crippen MR) is 47.9 cm³/mol. The van der Waals surface area contributed by atoms with E-state index < -0.39 is 5.57 Å². The number of halogens is 3. The molecule has 0 saturated heterocycles. The molecule has 1 nitrogen and oxygen atoms in total. The van der Waals surface area contributed by atoms with Gasteiger partial charge in [0.1, 0.15) is 0 Å². The first kappa shape index (κ1) is 11.2. The fourth-order valence-corrected chi connectivity index (χ4v) is 1.89. The maximum absolute atomic E-state index is 12.0. The van der Waals surface area contributed by atoms with Crippen LogP contribution < -0.4 is 0 Å². The zero-order chi connectivity index (χ0) is 9.73. The summed E-state index contributed by atoms with van der Waals surface area (Å²) in [5.41, 5.74) is -3.48. The number of hydrogen-bond acceptors (Lipinski definition) is 1. The predicted octanol–water partition coefficient (Wildman–Crippen LogP) is 3.76. The molecule has 1 saturated carbocycles. The second kappa shape index (κ2) is 5.11. The number of rotatable bonds is 4. The third-order valence-electron chi connectivity index (χ3n) is 2.52. The minimum Gasteiger partial charge on any atom is -0.307 e. The van der Waals surface area contributed by atoms with Crippen molar-refractivity contribution in [3.8, 4) is 0 Å². The van der Waals surface area contributed by atoms with Crippen LogP contribution >= 0.6 is 11.6 Å². The van der Waals surface area contributed by atoms with E-state index in [4.69, 9.17) is 0 Å². The first-order valence-electron chi connectivity index (χ1n) is 4.78. The van der Waals surface area contributed by atoms with E-state index >= 15 is 0 Å². The molecule has 1 rings (SSSR count). The minimum absolute atomic E-state index is 0.0706. The zero-order valence-electron chi connectivity index (χ0n) is 7.57. The van der Waals surface area contributed by atoms with Crippen LogP contribution in [0, 0.1) is 5.92 Å². The van der Waals surface area contributed by atoms with E-state index in [9.17, 15) is 8.78 Å². The van der Waals surface area contributed by atoms with Crippen molar-refractivity contribution in [1.29, 1.82) is 0 Å². The van der Waals surface area contributed by atoms with Gasteiger partial charge in [0.2, 0.25) is 0 Å². The summed E-state index contributed by atoms with van der Waals surface area (Å²) >= 11 is 4.60. The Balaban J connectivity index is 2.04. The molecule has 0 aliphatic heterocycles. The van der Waals surface area contributed by atoms with Crippen molar-refractivity contribution in [3.63, 3.8) is 0 Å². The summed E-state index contributed by atoms with van der Waals surface area (Å²) in [7, 11) is 0. The summed E-state index contributed by atoms with van der Waals surface area (Å²) in [6, 6.07) is 0. The van der Waals surface area contributed by atoms with Crippen LogP contribution in [0.15, 0.2) is 0 Å². The van der Waals surface area contributed by atoms with Crippen molar-refractivity contribution in [1.82, 2.24) is 0 Å². The summed E-state index contributed by atoms with van der Waals surface area (Å²) in [4.78, 5) is 0. The van der Waals surface area contributed by atoms with Crippen LogP contribution in [-0.4, -0.2) is 12.2 Å². The van der Waals surface area contributed by atoms with E-state index in [1.807, 2.05) is 0 Å². The van der Waals surface area contributed by atoms with Gasteiger partial charge in [-0.15, -0.1) is 0 Å². The van der Waals surface area contributed by atoms with Gasteiger partial charge in [-0.25, -0.2) is 0 Å². The highest BCUT2D eigenvalue weighted by atomic mass is 35.5. The SMILES string of the molecule is FC(F)(Cl)OCCC1CCCCC1. The zero-order valence-corrected chi connectivity index (χ0v) is 8.33. The smallest absolute Gasteiger partial charge is 0.307 e. The maximum atomic E-state index is 12.0. The molecule has 1 aliphatic carbocycles. The van der Waals surface area contributed by atoms with Gasteiger partial charge < -0.3 is 4.74 Å². The Labute approximate surface area is 82.4 Å². The fourth-order valence-electron chi connectivity index (χ4n) is 1.82. The Morgan fingerprint density at radius 2 is 1.85 bits per heavy atom. The van der Waals surface area contributed by atoms with E-state index in [0.29, 0.717) is 12.3 Å². The second-order valence-corrected chi connectivity index (χ2v) is 4.03. The molecule has 1 fully saturated rings. The van der Waals surface area contributed by atoms with Crippen LogP contribution in [0.25, 0.3) is 0 Å². The van der Waals surface area contributed by atoms with Gasteiger partial charge in [-0.3, -0.25) is 0 Å². The van der Waals surface area contributed by atoms with Crippen LogP contribution in [0.5, 0.6) is 0 Å². The highest BCUT2D eigenvalue weighted by Crippen LogP contribution is 2.27. The molecule has 0 aromatic rings. The van der Waals surface area contributed by atoms with Crippen LogP contribution in [0.1, 0.15) is 38.5 Å². The maximum Gasteiger partial charge on any atom is 0.440 e. The topological polar surface area (TPSA) is 9.23 Å².